The molecular formula is C18H20O2. The van der Waals surface area contributed by atoms with Gasteiger partial charge in [-0.25, -0.2) is 0 Å². The third-order valence-corrected chi connectivity index (χ3v) is 3.17. The van der Waals surface area contributed by atoms with Crippen molar-refractivity contribution in [2.24, 2.45) is 0 Å². The molecule has 0 aromatic heterocycles. The Balaban J connectivity index is 1.99. The maximum atomic E-state index is 5.43. The summed E-state index contributed by atoms with van der Waals surface area (Å²) in [6.45, 7) is 0. The molecule has 0 heterocycles. The third kappa shape index (κ3) is 3.64. The Bertz CT molecular complexity index is 559. The topological polar surface area (TPSA) is 18.5 Å². The molecule has 2 nitrogen and oxygen atoms in total. The molecule has 2 rings (SSSR count). The van der Waals surface area contributed by atoms with Crippen molar-refractivity contribution in [3.05, 3.63) is 65.7 Å². The normalized spacial score (nSPS) is 10.7. The van der Waals surface area contributed by atoms with Crippen LogP contribution in [0.5, 0.6) is 11.5 Å². The molecule has 2 heteroatoms. The molecular weight excluding hydrogens is 248 g/mol. The van der Waals surface area contributed by atoms with Gasteiger partial charge in [0, 0.05) is 0 Å². The number of aryl methyl sites for hydroxylation is 1. The summed E-state index contributed by atoms with van der Waals surface area (Å²) in [5.41, 5.74) is 2.40. The van der Waals surface area contributed by atoms with Crippen LogP contribution >= 0.6 is 0 Å². The number of benzene rings is 2. The zero-order valence-corrected chi connectivity index (χ0v) is 12.0. The summed E-state index contributed by atoms with van der Waals surface area (Å²) in [6.07, 6.45) is 6.24. The van der Waals surface area contributed by atoms with Gasteiger partial charge in [0.05, 0.1) is 14.2 Å². The first kappa shape index (κ1) is 14.2. The second kappa shape index (κ2) is 7.39. The molecule has 0 saturated heterocycles. The van der Waals surface area contributed by atoms with Crippen molar-refractivity contribution in [3.8, 4) is 11.5 Å². The summed E-state index contributed by atoms with van der Waals surface area (Å²) in [5, 5.41) is 0. The molecule has 0 N–H and O–H groups in total. The van der Waals surface area contributed by atoms with Crippen LogP contribution in [0.2, 0.25) is 0 Å². The van der Waals surface area contributed by atoms with Crippen molar-refractivity contribution in [2.45, 2.75) is 12.8 Å². The van der Waals surface area contributed by atoms with Crippen molar-refractivity contribution < 1.29 is 9.47 Å². The number of methoxy groups -OCH3 is 2. The first-order chi connectivity index (χ1) is 9.85. The molecule has 0 unspecified atom stereocenters. The molecule has 0 fully saturated rings. The standard InChI is InChI=1S/C18H20O2/c1-19-17-14-8-13-16(18(17)20-2)12-7-6-11-15-9-4-3-5-10-15/h3-6,8-11,13-14H,7,12H2,1-2H3/b11-6+. The minimum absolute atomic E-state index is 0.789. The van der Waals surface area contributed by atoms with E-state index in [1.165, 1.54) is 11.1 Å². The number of hydrogen-bond acceptors (Lipinski definition) is 2. The number of hydrogen-bond donors (Lipinski definition) is 0. The fourth-order valence-electron chi connectivity index (χ4n) is 2.17. The van der Waals surface area contributed by atoms with Crippen LogP contribution < -0.4 is 9.47 Å². The van der Waals surface area contributed by atoms with E-state index in [0.29, 0.717) is 0 Å². The van der Waals surface area contributed by atoms with Crippen LogP contribution in [0.1, 0.15) is 17.5 Å². The summed E-state index contributed by atoms with van der Waals surface area (Å²) in [4.78, 5) is 0. The zero-order chi connectivity index (χ0) is 14.2. The van der Waals surface area contributed by atoms with Crippen molar-refractivity contribution in [2.75, 3.05) is 14.2 Å². The number of allylic oxidation sites excluding steroid dienone is 1. The van der Waals surface area contributed by atoms with Crippen LogP contribution in [0.15, 0.2) is 54.6 Å². The summed E-state index contributed by atoms with van der Waals surface area (Å²) in [5.74, 6) is 1.63. The highest BCUT2D eigenvalue weighted by atomic mass is 16.5. The van der Waals surface area contributed by atoms with E-state index < -0.39 is 0 Å². The van der Waals surface area contributed by atoms with Crippen molar-refractivity contribution >= 4 is 6.08 Å². The summed E-state index contributed by atoms with van der Waals surface area (Å²) in [7, 11) is 3.35. The molecule has 2 aromatic rings. The highest BCUT2D eigenvalue weighted by Crippen LogP contribution is 2.31. The molecule has 0 spiro atoms. The van der Waals surface area contributed by atoms with Crippen molar-refractivity contribution in [1.29, 1.82) is 0 Å². The predicted octanol–water partition coefficient (Wildman–Crippen LogP) is 4.35. The zero-order valence-electron chi connectivity index (χ0n) is 12.0. The number of ether oxygens (including phenoxy) is 2. The Kier molecular flexibility index (Phi) is 5.24. The van der Waals surface area contributed by atoms with Gasteiger partial charge in [0.25, 0.3) is 0 Å². The second-order valence-corrected chi connectivity index (χ2v) is 4.50. The maximum Gasteiger partial charge on any atom is 0.163 e. The second-order valence-electron chi connectivity index (χ2n) is 4.50. The molecule has 0 aliphatic carbocycles. The van der Waals surface area contributed by atoms with Gasteiger partial charge in [0.1, 0.15) is 0 Å². The van der Waals surface area contributed by atoms with E-state index in [9.17, 15) is 0 Å². The molecule has 0 aliphatic rings. The minimum Gasteiger partial charge on any atom is -0.493 e. The van der Waals surface area contributed by atoms with E-state index in [2.05, 4.69) is 30.4 Å². The average Bonchev–Trinajstić information content (AvgIpc) is 2.52. The predicted molar refractivity (Wildman–Crippen MR) is 83.3 cm³/mol. The van der Waals surface area contributed by atoms with Crippen LogP contribution in [0.25, 0.3) is 6.08 Å². The minimum atomic E-state index is 0.789. The number of rotatable bonds is 6. The van der Waals surface area contributed by atoms with Crippen molar-refractivity contribution in [1.82, 2.24) is 0 Å². The fraction of sp³-hybridized carbons (Fsp3) is 0.222. The van der Waals surface area contributed by atoms with Crippen LogP contribution in [0.4, 0.5) is 0 Å². The van der Waals surface area contributed by atoms with Crippen LogP contribution in [0.3, 0.4) is 0 Å². The van der Waals surface area contributed by atoms with Crippen LogP contribution in [-0.4, -0.2) is 14.2 Å². The lowest BCUT2D eigenvalue weighted by Crippen LogP contribution is -1.95. The lowest BCUT2D eigenvalue weighted by Gasteiger charge is -2.11. The lowest BCUT2D eigenvalue weighted by molar-refractivity contribution is 0.351. The van der Waals surface area contributed by atoms with E-state index in [1.54, 1.807) is 14.2 Å². The fourth-order valence-corrected chi connectivity index (χ4v) is 2.17. The SMILES string of the molecule is COc1cccc(CC/C=C/c2ccccc2)c1OC. The quantitative estimate of drug-likeness (QED) is 0.775. The molecule has 20 heavy (non-hydrogen) atoms. The Morgan fingerprint density at radius 1 is 0.900 bits per heavy atom. The van der Waals surface area contributed by atoms with Gasteiger partial charge in [0.2, 0.25) is 0 Å². The maximum absolute atomic E-state index is 5.43. The van der Waals surface area contributed by atoms with E-state index in [4.69, 9.17) is 9.47 Å². The van der Waals surface area contributed by atoms with Crippen molar-refractivity contribution in [3.63, 3.8) is 0 Å². The van der Waals surface area contributed by atoms with E-state index in [1.807, 2.05) is 30.3 Å². The van der Waals surface area contributed by atoms with Crippen LogP contribution in [-0.2, 0) is 6.42 Å². The molecule has 104 valence electrons. The Labute approximate surface area is 120 Å². The third-order valence-electron chi connectivity index (χ3n) is 3.17. The summed E-state index contributed by atoms with van der Waals surface area (Å²) in [6, 6.07) is 16.3. The molecule has 2 aromatic carbocycles. The van der Waals surface area contributed by atoms with Crippen LogP contribution in [0, 0.1) is 0 Å². The molecule has 0 radical (unpaired) electrons. The Morgan fingerprint density at radius 3 is 2.40 bits per heavy atom. The highest BCUT2D eigenvalue weighted by Gasteiger charge is 2.07. The average molecular weight is 268 g/mol. The van der Waals surface area contributed by atoms with E-state index >= 15 is 0 Å². The van der Waals surface area contributed by atoms with Gasteiger partial charge in [-0.15, -0.1) is 0 Å². The molecule has 0 atom stereocenters. The molecule has 0 saturated carbocycles. The van der Waals surface area contributed by atoms with E-state index in [0.717, 1.165) is 24.3 Å². The smallest absolute Gasteiger partial charge is 0.163 e. The Morgan fingerprint density at radius 2 is 1.70 bits per heavy atom. The lowest BCUT2D eigenvalue weighted by atomic mass is 10.1. The molecule has 0 amide bonds. The summed E-state index contributed by atoms with van der Waals surface area (Å²) < 4.78 is 10.7. The Hall–Kier alpha value is -2.22. The van der Waals surface area contributed by atoms with Gasteiger partial charge in [-0.1, -0.05) is 54.6 Å². The molecule has 0 aliphatic heterocycles. The first-order valence-corrected chi connectivity index (χ1v) is 6.76. The van der Waals surface area contributed by atoms with Gasteiger partial charge in [-0.2, -0.15) is 0 Å². The monoisotopic (exact) mass is 268 g/mol. The van der Waals surface area contributed by atoms with E-state index in [-0.39, 0.29) is 0 Å². The van der Waals surface area contributed by atoms with Gasteiger partial charge in [-0.3, -0.25) is 0 Å². The van der Waals surface area contributed by atoms with Gasteiger partial charge in [-0.05, 0) is 30.0 Å². The number of para-hydroxylation sites is 1. The largest absolute Gasteiger partial charge is 0.493 e. The highest BCUT2D eigenvalue weighted by molar-refractivity contribution is 5.49. The summed E-state index contributed by atoms with van der Waals surface area (Å²) >= 11 is 0. The first-order valence-electron chi connectivity index (χ1n) is 6.76. The van der Waals surface area contributed by atoms with Gasteiger partial charge < -0.3 is 9.47 Å². The molecule has 0 bridgehead atoms. The van der Waals surface area contributed by atoms with Gasteiger partial charge >= 0.3 is 0 Å². The van der Waals surface area contributed by atoms with Gasteiger partial charge in [0.15, 0.2) is 11.5 Å².